The fourth-order valence-electron chi connectivity index (χ4n) is 2.11. The molecule has 0 atom stereocenters. The fourth-order valence-corrected chi connectivity index (χ4v) is 2.11. The van der Waals surface area contributed by atoms with Gasteiger partial charge < -0.3 is 5.32 Å². The van der Waals surface area contributed by atoms with Crippen molar-refractivity contribution in [2.24, 2.45) is 0 Å². The largest absolute Gasteiger partial charge is 0.316 e. The topological polar surface area (TPSA) is 37.8 Å². The van der Waals surface area contributed by atoms with Crippen LogP contribution in [0.5, 0.6) is 0 Å². The molecule has 0 aliphatic rings. The van der Waals surface area contributed by atoms with Gasteiger partial charge >= 0.3 is 0 Å². The molecule has 0 aliphatic heterocycles. The SMILES string of the molecule is CCCNCCc1c(CC)nc(C)nc1CC. The first-order valence-corrected chi connectivity index (χ1v) is 6.78. The Labute approximate surface area is 105 Å². The Morgan fingerprint density at radius 2 is 1.53 bits per heavy atom. The van der Waals surface area contributed by atoms with E-state index in [1.807, 2.05) is 6.92 Å². The number of nitrogens with zero attached hydrogens (tertiary/aromatic N) is 2. The molecule has 0 amide bonds. The Balaban J connectivity index is 2.79. The van der Waals surface area contributed by atoms with Crippen LogP contribution in [0.1, 0.15) is 50.0 Å². The summed E-state index contributed by atoms with van der Waals surface area (Å²) in [5.41, 5.74) is 3.82. The van der Waals surface area contributed by atoms with E-state index >= 15 is 0 Å². The average Bonchev–Trinajstić information content (AvgIpc) is 2.35. The molecule has 0 aliphatic carbocycles. The van der Waals surface area contributed by atoms with Crippen molar-refractivity contribution in [3.8, 4) is 0 Å². The zero-order valence-corrected chi connectivity index (χ0v) is 11.6. The van der Waals surface area contributed by atoms with E-state index in [0.717, 1.165) is 38.2 Å². The third kappa shape index (κ3) is 4.08. The number of rotatable bonds is 7. The van der Waals surface area contributed by atoms with Crippen molar-refractivity contribution < 1.29 is 0 Å². The summed E-state index contributed by atoms with van der Waals surface area (Å²) in [6.07, 6.45) is 4.23. The van der Waals surface area contributed by atoms with Gasteiger partial charge in [-0.1, -0.05) is 20.8 Å². The Bertz CT molecular complexity index is 322. The number of aryl methyl sites for hydroxylation is 3. The molecule has 1 heterocycles. The van der Waals surface area contributed by atoms with E-state index in [-0.39, 0.29) is 0 Å². The molecule has 0 radical (unpaired) electrons. The van der Waals surface area contributed by atoms with Gasteiger partial charge in [-0.25, -0.2) is 9.97 Å². The highest BCUT2D eigenvalue weighted by atomic mass is 14.9. The highest BCUT2D eigenvalue weighted by molar-refractivity contribution is 5.26. The maximum atomic E-state index is 4.56. The highest BCUT2D eigenvalue weighted by Gasteiger charge is 2.10. The summed E-state index contributed by atoms with van der Waals surface area (Å²) in [4.78, 5) is 9.12. The van der Waals surface area contributed by atoms with Crippen LogP contribution in [0.15, 0.2) is 0 Å². The third-order valence-corrected chi connectivity index (χ3v) is 2.94. The van der Waals surface area contributed by atoms with Gasteiger partial charge in [-0.15, -0.1) is 0 Å². The van der Waals surface area contributed by atoms with Crippen molar-refractivity contribution in [1.82, 2.24) is 15.3 Å². The van der Waals surface area contributed by atoms with Crippen molar-refractivity contribution in [2.75, 3.05) is 13.1 Å². The molecule has 0 fully saturated rings. The smallest absolute Gasteiger partial charge is 0.125 e. The average molecular weight is 235 g/mol. The lowest BCUT2D eigenvalue weighted by molar-refractivity contribution is 0.661. The van der Waals surface area contributed by atoms with E-state index in [1.165, 1.54) is 23.4 Å². The quantitative estimate of drug-likeness (QED) is 0.738. The van der Waals surface area contributed by atoms with Crippen molar-refractivity contribution in [2.45, 2.75) is 53.4 Å². The maximum Gasteiger partial charge on any atom is 0.125 e. The van der Waals surface area contributed by atoms with Crippen molar-refractivity contribution in [3.63, 3.8) is 0 Å². The summed E-state index contributed by atoms with van der Waals surface area (Å²) in [7, 11) is 0. The molecule has 0 bridgehead atoms. The van der Waals surface area contributed by atoms with E-state index in [1.54, 1.807) is 0 Å². The number of hydrogen-bond acceptors (Lipinski definition) is 3. The minimum absolute atomic E-state index is 0.906. The van der Waals surface area contributed by atoms with Gasteiger partial charge in [-0.2, -0.15) is 0 Å². The first-order chi connectivity index (χ1) is 8.22. The first kappa shape index (κ1) is 14.1. The number of aromatic nitrogens is 2. The van der Waals surface area contributed by atoms with Gasteiger partial charge in [0.1, 0.15) is 5.82 Å². The van der Waals surface area contributed by atoms with Gasteiger partial charge in [0.25, 0.3) is 0 Å². The van der Waals surface area contributed by atoms with Crippen molar-refractivity contribution in [3.05, 3.63) is 22.8 Å². The van der Waals surface area contributed by atoms with E-state index in [0.29, 0.717) is 0 Å². The number of hydrogen-bond donors (Lipinski definition) is 1. The zero-order chi connectivity index (χ0) is 12.7. The van der Waals surface area contributed by atoms with Crippen LogP contribution in [0.25, 0.3) is 0 Å². The molecule has 1 aromatic rings. The second-order valence-electron chi connectivity index (χ2n) is 4.35. The van der Waals surface area contributed by atoms with E-state index in [9.17, 15) is 0 Å². The molecule has 3 nitrogen and oxygen atoms in total. The first-order valence-electron chi connectivity index (χ1n) is 6.78. The van der Waals surface area contributed by atoms with Gasteiger partial charge in [0.15, 0.2) is 0 Å². The molecule has 1 rings (SSSR count). The standard InChI is InChI=1S/C14H25N3/c1-5-9-15-10-8-12-13(6-2)16-11(4)17-14(12)7-3/h15H,5-10H2,1-4H3. The summed E-state index contributed by atoms with van der Waals surface area (Å²) in [6.45, 7) is 10.6. The minimum Gasteiger partial charge on any atom is -0.316 e. The van der Waals surface area contributed by atoms with Gasteiger partial charge in [0, 0.05) is 11.4 Å². The molecule has 0 aromatic carbocycles. The Morgan fingerprint density at radius 1 is 0.941 bits per heavy atom. The summed E-state index contributed by atoms with van der Waals surface area (Å²) >= 11 is 0. The molecule has 0 spiro atoms. The normalized spacial score (nSPS) is 10.8. The highest BCUT2D eigenvalue weighted by Crippen LogP contribution is 2.13. The van der Waals surface area contributed by atoms with Gasteiger partial charge in [-0.05, 0) is 51.3 Å². The molecule has 17 heavy (non-hydrogen) atoms. The molecule has 0 unspecified atom stereocenters. The lowest BCUT2D eigenvalue weighted by Crippen LogP contribution is -2.20. The Kier molecular flexibility index (Phi) is 6.12. The molecule has 96 valence electrons. The van der Waals surface area contributed by atoms with Crippen LogP contribution in [0.4, 0.5) is 0 Å². The molecule has 0 saturated heterocycles. The van der Waals surface area contributed by atoms with Crippen molar-refractivity contribution in [1.29, 1.82) is 0 Å². The Hall–Kier alpha value is -0.960. The van der Waals surface area contributed by atoms with Gasteiger partial charge in [0.2, 0.25) is 0 Å². The van der Waals surface area contributed by atoms with Crippen LogP contribution in [-0.2, 0) is 19.3 Å². The van der Waals surface area contributed by atoms with Crippen LogP contribution in [0, 0.1) is 6.92 Å². The summed E-state index contributed by atoms with van der Waals surface area (Å²) in [6, 6.07) is 0. The van der Waals surface area contributed by atoms with Crippen LogP contribution in [0.2, 0.25) is 0 Å². The van der Waals surface area contributed by atoms with Crippen molar-refractivity contribution >= 4 is 0 Å². The maximum absolute atomic E-state index is 4.56. The molecular formula is C14H25N3. The zero-order valence-electron chi connectivity index (χ0n) is 11.6. The van der Waals surface area contributed by atoms with Gasteiger partial charge in [0.05, 0.1) is 0 Å². The van der Waals surface area contributed by atoms with Gasteiger partial charge in [-0.3, -0.25) is 0 Å². The minimum atomic E-state index is 0.906. The summed E-state index contributed by atoms with van der Waals surface area (Å²) in [5.74, 6) is 0.906. The van der Waals surface area contributed by atoms with Crippen LogP contribution in [0.3, 0.4) is 0 Å². The van der Waals surface area contributed by atoms with Crippen LogP contribution >= 0.6 is 0 Å². The number of nitrogens with one attached hydrogen (secondary N) is 1. The third-order valence-electron chi connectivity index (χ3n) is 2.94. The molecule has 1 aromatic heterocycles. The monoisotopic (exact) mass is 235 g/mol. The Morgan fingerprint density at radius 3 is 2.00 bits per heavy atom. The molecule has 0 saturated carbocycles. The van der Waals surface area contributed by atoms with E-state index < -0.39 is 0 Å². The fraction of sp³-hybridized carbons (Fsp3) is 0.714. The lowest BCUT2D eigenvalue weighted by Gasteiger charge is -2.13. The van der Waals surface area contributed by atoms with E-state index in [4.69, 9.17) is 0 Å². The second-order valence-corrected chi connectivity index (χ2v) is 4.35. The molecular weight excluding hydrogens is 210 g/mol. The predicted molar refractivity (Wildman–Crippen MR) is 72.4 cm³/mol. The summed E-state index contributed by atoms with van der Waals surface area (Å²) in [5, 5.41) is 3.45. The predicted octanol–water partition coefficient (Wildman–Crippen LogP) is 2.45. The van der Waals surface area contributed by atoms with Crippen LogP contribution in [-0.4, -0.2) is 23.1 Å². The van der Waals surface area contributed by atoms with Crippen LogP contribution < -0.4 is 5.32 Å². The molecule has 1 N–H and O–H groups in total. The lowest BCUT2D eigenvalue weighted by atomic mass is 10.0. The second kappa shape index (κ2) is 7.38. The summed E-state index contributed by atoms with van der Waals surface area (Å²) < 4.78 is 0. The van der Waals surface area contributed by atoms with E-state index in [2.05, 4.69) is 36.1 Å². The molecule has 3 heteroatoms.